The van der Waals surface area contributed by atoms with Gasteiger partial charge in [-0.05, 0) is 30.3 Å². The topological polar surface area (TPSA) is 99.8 Å². The van der Waals surface area contributed by atoms with E-state index in [1.165, 1.54) is 55.2 Å². The Morgan fingerprint density at radius 3 is 2.52 bits per heavy atom. The van der Waals surface area contributed by atoms with Gasteiger partial charge in [0.1, 0.15) is 16.4 Å². The largest absolute Gasteiger partial charge is 0.497 e. The number of benzene rings is 2. The molecule has 0 atom stereocenters. The first-order valence-electron chi connectivity index (χ1n) is 7.20. The molecule has 8 nitrogen and oxygen atoms in total. The Morgan fingerprint density at radius 1 is 1.08 bits per heavy atom. The summed E-state index contributed by atoms with van der Waals surface area (Å²) in [5.74, 6) is 0.112. The highest BCUT2D eigenvalue weighted by Crippen LogP contribution is 2.30. The normalized spacial score (nSPS) is 11.5. The van der Waals surface area contributed by atoms with Crippen LogP contribution in [0.4, 0.5) is 5.69 Å². The smallest absolute Gasteiger partial charge is 0.419 e. The van der Waals surface area contributed by atoms with Gasteiger partial charge in [-0.3, -0.25) is 9.29 Å². The summed E-state index contributed by atoms with van der Waals surface area (Å²) in [5, 5.41) is 0. The molecule has 132 valence electrons. The lowest BCUT2D eigenvalue weighted by molar-refractivity contribution is 0.386. The second-order valence-corrected chi connectivity index (χ2v) is 6.88. The number of anilines is 1. The number of nitrogens with zero attached hydrogens (tertiary/aromatic N) is 1. The first-order chi connectivity index (χ1) is 11.9. The van der Waals surface area contributed by atoms with E-state index in [0.717, 1.165) is 0 Å². The summed E-state index contributed by atoms with van der Waals surface area (Å²) in [6, 6.07) is 8.97. The van der Waals surface area contributed by atoms with E-state index in [1.54, 1.807) is 7.05 Å². The number of nitrogens with one attached hydrogen (secondary N) is 1. The maximum Gasteiger partial charge on any atom is 0.419 e. The zero-order valence-corrected chi connectivity index (χ0v) is 14.6. The first-order valence-corrected chi connectivity index (χ1v) is 8.68. The fourth-order valence-electron chi connectivity index (χ4n) is 2.40. The van der Waals surface area contributed by atoms with Gasteiger partial charge in [0.05, 0.1) is 25.4 Å². The van der Waals surface area contributed by atoms with Crippen molar-refractivity contribution in [3.63, 3.8) is 0 Å². The highest BCUT2D eigenvalue weighted by Gasteiger charge is 2.21. The molecule has 0 bridgehead atoms. The van der Waals surface area contributed by atoms with E-state index in [9.17, 15) is 13.2 Å². The summed E-state index contributed by atoms with van der Waals surface area (Å²) >= 11 is 0. The van der Waals surface area contributed by atoms with Gasteiger partial charge in [0, 0.05) is 13.1 Å². The van der Waals surface area contributed by atoms with E-state index in [2.05, 4.69) is 4.72 Å². The van der Waals surface area contributed by atoms with Crippen LogP contribution in [-0.4, -0.2) is 27.2 Å². The molecule has 0 aliphatic carbocycles. The quantitative estimate of drug-likeness (QED) is 0.743. The number of hydrogen-bond donors (Lipinski definition) is 1. The molecule has 0 saturated carbocycles. The molecule has 0 unspecified atom stereocenters. The van der Waals surface area contributed by atoms with Crippen LogP contribution in [0, 0.1) is 0 Å². The predicted molar refractivity (Wildman–Crippen MR) is 91.8 cm³/mol. The van der Waals surface area contributed by atoms with E-state index in [0.29, 0.717) is 22.5 Å². The molecular formula is C16H16N2O6S. The Hall–Kier alpha value is -2.94. The lowest BCUT2D eigenvalue weighted by atomic mass is 10.3. The number of methoxy groups -OCH3 is 2. The number of sulfonamides is 1. The second kappa shape index (κ2) is 6.17. The van der Waals surface area contributed by atoms with Crippen molar-refractivity contribution in [3.05, 3.63) is 46.9 Å². The maximum absolute atomic E-state index is 12.7. The molecule has 0 aliphatic heterocycles. The van der Waals surface area contributed by atoms with Crippen LogP contribution in [0.15, 0.2) is 50.5 Å². The molecule has 0 amide bonds. The monoisotopic (exact) mass is 364 g/mol. The molecule has 0 saturated heterocycles. The number of ether oxygens (including phenoxy) is 2. The van der Waals surface area contributed by atoms with Crippen LogP contribution in [0.5, 0.6) is 11.5 Å². The third-order valence-electron chi connectivity index (χ3n) is 3.70. The first kappa shape index (κ1) is 16.9. The molecule has 0 aliphatic rings. The SMILES string of the molecule is COc1ccc(S(=O)(=O)Nc2ccc3oc(=O)n(C)c3c2)c(OC)c1. The van der Waals surface area contributed by atoms with Crippen molar-refractivity contribution in [1.82, 2.24) is 4.57 Å². The van der Waals surface area contributed by atoms with Gasteiger partial charge in [-0.15, -0.1) is 0 Å². The average Bonchev–Trinajstić information content (AvgIpc) is 2.88. The lowest BCUT2D eigenvalue weighted by Gasteiger charge is -2.12. The molecule has 0 fully saturated rings. The number of aryl methyl sites for hydroxylation is 1. The Kier molecular flexibility index (Phi) is 4.17. The van der Waals surface area contributed by atoms with E-state index in [1.807, 2.05) is 0 Å². The number of hydrogen-bond acceptors (Lipinski definition) is 6. The molecule has 9 heteroatoms. The molecule has 2 aromatic carbocycles. The van der Waals surface area contributed by atoms with Crippen LogP contribution in [0.25, 0.3) is 11.1 Å². The lowest BCUT2D eigenvalue weighted by Crippen LogP contribution is -2.14. The standard InChI is InChI=1S/C16H16N2O6S/c1-18-12-8-10(4-6-13(12)24-16(18)19)17-25(20,21)15-7-5-11(22-2)9-14(15)23-3/h4-9,17H,1-3H3. The summed E-state index contributed by atoms with van der Waals surface area (Å²) in [5.41, 5.74) is 1.14. The maximum atomic E-state index is 12.7. The van der Waals surface area contributed by atoms with Crippen molar-refractivity contribution < 1.29 is 22.3 Å². The zero-order chi connectivity index (χ0) is 18.2. The van der Waals surface area contributed by atoms with Gasteiger partial charge >= 0.3 is 5.76 Å². The number of fused-ring (bicyclic) bond motifs is 1. The molecule has 3 aromatic rings. The molecular weight excluding hydrogens is 348 g/mol. The van der Waals surface area contributed by atoms with Crippen LogP contribution in [-0.2, 0) is 17.1 Å². The average molecular weight is 364 g/mol. The number of rotatable bonds is 5. The van der Waals surface area contributed by atoms with Crippen molar-refractivity contribution in [2.45, 2.75) is 4.90 Å². The fraction of sp³-hybridized carbons (Fsp3) is 0.188. The molecule has 3 rings (SSSR count). The molecule has 25 heavy (non-hydrogen) atoms. The summed E-state index contributed by atoms with van der Waals surface area (Å²) in [6.07, 6.45) is 0. The minimum Gasteiger partial charge on any atom is -0.497 e. The summed E-state index contributed by atoms with van der Waals surface area (Å²) in [6.45, 7) is 0. The number of aromatic nitrogens is 1. The third kappa shape index (κ3) is 3.05. The Balaban J connectivity index is 2.02. The Morgan fingerprint density at radius 2 is 1.84 bits per heavy atom. The molecule has 1 aromatic heterocycles. The second-order valence-electron chi connectivity index (χ2n) is 5.23. The van der Waals surface area contributed by atoms with Crippen LogP contribution in [0.2, 0.25) is 0 Å². The zero-order valence-electron chi connectivity index (χ0n) is 13.8. The predicted octanol–water partition coefficient (Wildman–Crippen LogP) is 1.95. The van der Waals surface area contributed by atoms with Gasteiger partial charge in [0.25, 0.3) is 10.0 Å². The van der Waals surface area contributed by atoms with Crippen molar-refractivity contribution in [1.29, 1.82) is 0 Å². The summed E-state index contributed by atoms with van der Waals surface area (Å²) in [7, 11) is 0.490. The minimum absolute atomic E-state index is 0.0306. The highest BCUT2D eigenvalue weighted by atomic mass is 32.2. The van der Waals surface area contributed by atoms with Crippen molar-refractivity contribution in [2.75, 3.05) is 18.9 Å². The molecule has 0 radical (unpaired) electrons. The Labute approximate surface area is 143 Å². The third-order valence-corrected chi connectivity index (χ3v) is 5.12. The van der Waals surface area contributed by atoms with Crippen LogP contribution in [0.1, 0.15) is 0 Å². The fourth-order valence-corrected chi connectivity index (χ4v) is 3.60. The summed E-state index contributed by atoms with van der Waals surface area (Å²) in [4.78, 5) is 11.5. The Bertz CT molecular complexity index is 1100. The molecule has 0 spiro atoms. The molecule has 1 N–H and O–H groups in total. The van der Waals surface area contributed by atoms with Crippen molar-refractivity contribution >= 4 is 26.8 Å². The van der Waals surface area contributed by atoms with Gasteiger partial charge in [0.15, 0.2) is 5.58 Å². The van der Waals surface area contributed by atoms with Crippen LogP contribution in [0.3, 0.4) is 0 Å². The van der Waals surface area contributed by atoms with E-state index >= 15 is 0 Å². The van der Waals surface area contributed by atoms with Gasteiger partial charge in [-0.1, -0.05) is 0 Å². The van der Waals surface area contributed by atoms with Crippen LogP contribution >= 0.6 is 0 Å². The molecule has 1 heterocycles. The van der Waals surface area contributed by atoms with Gasteiger partial charge < -0.3 is 13.9 Å². The summed E-state index contributed by atoms with van der Waals surface area (Å²) < 4.78 is 44.4. The van der Waals surface area contributed by atoms with Crippen LogP contribution < -0.4 is 20.0 Å². The highest BCUT2D eigenvalue weighted by molar-refractivity contribution is 7.92. The van der Waals surface area contributed by atoms with Crippen molar-refractivity contribution in [3.8, 4) is 11.5 Å². The van der Waals surface area contributed by atoms with E-state index in [4.69, 9.17) is 13.9 Å². The van der Waals surface area contributed by atoms with E-state index in [-0.39, 0.29) is 10.6 Å². The van der Waals surface area contributed by atoms with Gasteiger partial charge in [0.2, 0.25) is 0 Å². The van der Waals surface area contributed by atoms with Gasteiger partial charge in [-0.25, -0.2) is 13.2 Å². The van der Waals surface area contributed by atoms with E-state index < -0.39 is 15.8 Å². The minimum atomic E-state index is -3.90. The number of oxazole rings is 1. The van der Waals surface area contributed by atoms with Crippen molar-refractivity contribution in [2.24, 2.45) is 7.05 Å². The van der Waals surface area contributed by atoms with Gasteiger partial charge in [-0.2, -0.15) is 0 Å².